The summed E-state index contributed by atoms with van der Waals surface area (Å²) >= 11 is 0. The topological polar surface area (TPSA) is 114 Å². The van der Waals surface area contributed by atoms with Gasteiger partial charge in [-0.2, -0.15) is 0 Å². The van der Waals surface area contributed by atoms with E-state index in [4.69, 9.17) is 9.47 Å². The van der Waals surface area contributed by atoms with Crippen LogP contribution in [0.2, 0.25) is 0 Å². The lowest BCUT2D eigenvalue weighted by Crippen LogP contribution is -2.32. The van der Waals surface area contributed by atoms with E-state index in [9.17, 15) is 19.5 Å². The fraction of sp³-hybridized carbons (Fsp3) is 0.195. The van der Waals surface area contributed by atoms with Crippen LogP contribution in [0.4, 0.5) is 5.69 Å². The molecule has 250 valence electrons. The van der Waals surface area contributed by atoms with Crippen LogP contribution in [-0.4, -0.2) is 42.1 Å². The van der Waals surface area contributed by atoms with Crippen molar-refractivity contribution >= 4 is 23.5 Å². The highest BCUT2D eigenvalue weighted by molar-refractivity contribution is 5.92. The SMILES string of the molecule is O=C(Oc1ccccc1NC(CCc1ccc(OCCCNC(=O)C(Cc2ccccc2)c2ccccc2)cc1)C(=O)O)c1ccccc1. The largest absolute Gasteiger partial charge is 0.494 e. The average Bonchev–Trinajstić information content (AvgIpc) is 3.14. The molecule has 0 aromatic heterocycles. The van der Waals surface area contributed by atoms with Gasteiger partial charge >= 0.3 is 11.9 Å². The van der Waals surface area contributed by atoms with Crippen molar-refractivity contribution in [2.75, 3.05) is 18.5 Å². The van der Waals surface area contributed by atoms with E-state index in [1.807, 2.05) is 91.0 Å². The summed E-state index contributed by atoms with van der Waals surface area (Å²) in [4.78, 5) is 37.9. The summed E-state index contributed by atoms with van der Waals surface area (Å²) in [5, 5.41) is 16.0. The van der Waals surface area contributed by atoms with Crippen molar-refractivity contribution in [3.63, 3.8) is 0 Å². The second-order valence-electron chi connectivity index (χ2n) is 11.6. The Morgan fingerprint density at radius 1 is 0.694 bits per heavy atom. The molecule has 8 nitrogen and oxygen atoms in total. The third-order valence-electron chi connectivity index (χ3n) is 8.06. The lowest BCUT2D eigenvalue weighted by atomic mass is 9.91. The number of amides is 1. The van der Waals surface area contributed by atoms with Crippen molar-refractivity contribution in [3.05, 3.63) is 162 Å². The minimum absolute atomic E-state index is 0.00903. The second-order valence-corrected chi connectivity index (χ2v) is 11.6. The van der Waals surface area contributed by atoms with Crippen molar-refractivity contribution in [2.24, 2.45) is 0 Å². The molecule has 2 atom stereocenters. The Hall–Kier alpha value is -5.89. The normalized spacial score (nSPS) is 11.9. The number of anilines is 1. The Bertz CT molecular complexity index is 1780. The molecule has 5 rings (SSSR count). The second kappa shape index (κ2) is 17.9. The van der Waals surface area contributed by atoms with E-state index in [1.54, 1.807) is 48.5 Å². The standard InChI is InChI=1S/C41H40N2O6/c44-39(35(32-15-6-2-7-16-32)29-31-13-4-1-5-14-31)42-27-12-28-48-34-24-21-30(22-25-34)23-26-37(40(45)46)43-36-19-10-11-20-38(36)49-41(47)33-17-8-3-9-18-33/h1-11,13-22,24-25,35,37,43H,12,23,26-29H2,(H,42,44)(H,45,46). The number of rotatable bonds is 17. The molecule has 0 aliphatic heterocycles. The minimum Gasteiger partial charge on any atom is -0.494 e. The predicted octanol–water partition coefficient (Wildman–Crippen LogP) is 7.32. The Labute approximate surface area is 286 Å². The van der Waals surface area contributed by atoms with Gasteiger partial charge in [0.25, 0.3) is 0 Å². The van der Waals surface area contributed by atoms with Crippen molar-refractivity contribution < 1.29 is 29.0 Å². The van der Waals surface area contributed by atoms with E-state index < -0.39 is 18.0 Å². The van der Waals surface area contributed by atoms with E-state index in [-0.39, 0.29) is 17.6 Å². The van der Waals surface area contributed by atoms with Gasteiger partial charge in [0.15, 0.2) is 5.75 Å². The average molecular weight is 657 g/mol. The van der Waals surface area contributed by atoms with Gasteiger partial charge in [0, 0.05) is 6.54 Å². The quantitative estimate of drug-likeness (QED) is 0.0546. The number of para-hydroxylation sites is 2. The molecule has 5 aromatic rings. The van der Waals surface area contributed by atoms with Crippen LogP contribution < -0.4 is 20.1 Å². The van der Waals surface area contributed by atoms with Crippen LogP contribution >= 0.6 is 0 Å². The van der Waals surface area contributed by atoms with Crippen LogP contribution in [0.3, 0.4) is 0 Å². The molecule has 0 spiro atoms. The van der Waals surface area contributed by atoms with Crippen molar-refractivity contribution in [1.29, 1.82) is 0 Å². The zero-order valence-corrected chi connectivity index (χ0v) is 27.2. The van der Waals surface area contributed by atoms with Crippen LogP contribution in [0, 0.1) is 0 Å². The fourth-order valence-corrected chi connectivity index (χ4v) is 5.41. The summed E-state index contributed by atoms with van der Waals surface area (Å²) in [7, 11) is 0. The van der Waals surface area contributed by atoms with Gasteiger partial charge in [-0.3, -0.25) is 4.79 Å². The maximum atomic E-state index is 13.2. The third-order valence-corrected chi connectivity index (χ3v) is 8.06. The zero-order valence-electron chi connectivity index (χ0n) is 27.2. The van der Waals surface area contributed by atoms with E-state index >= 15 is 0 Å². The number of ether oxygens (including phenoxy) is 2. The lowest BCUT2D eigenvalue weighted by Gasteiger charge is -2.18. The molecule has 0 aliphatic rings. The van der Waals surface area contributed by atoms with Gasteiger partial charge in [-0.1, -0.05) is 103 Å². The van der Waals surface area contributed by atoms with Gasteiger partial charge in [0.2, 0.25) is 5.91 Å². The number of hydrogen-bond acceptors (Lipinski definition) is 6. The molecule has 0 radical (unpaired) electrons. The molecule has 0 aliphatic carbocycles. The predicted molar refractivity (Wildman–Crippen MR) is 190 cm³/mol. The number of esters is 1. The molecular formula is C41H40N2O6. The first-order valence-corrected chi connectivity index (χ1v) is 16.4. The van der Waals surface area contributed by atoms with Crippen molar-refractivity contribution in [2.45, 2.75) is 37.6 Å². The Morgan fingerprint density at radius 2 is 1.33 bits per heavy atom. The molecule has 1 amide bonds. The van der Waals surface area contributed by atoms with Gasteiger partial charge in [-0.05, 0) is 78.8 Å². The molecule has 0 heterocycles. The fourth-order valence-electron chi connectivity index (χ4n) is 5.41. The molecule has 2 unspecified atom stereocenters. The summed E-state index contributed by atoms with van der Waals surface area (Å²) in [6, 6.07) is 41.9. The highest BCUT2D eigenvalue weighted by Gasteiger charge is 2.22. The molecule has 0 saturated heterocycles. The van der Waals surface area contributed by atoms with Gasteiger partial charge in [0.05, 0.1) is 23.8 Å². The van der Waals surface area contributed by atoms with E-state index in [1.165, 1.54) is 0 Å². The summed E-state index contributed by atoms with van der Waals surface area (Å²) < 4.78 is 11.5. The highest BCUT2D eigenvalue weighted by Crippen LogP contribution is 2.27. The number of hydrogen-bond donors (Lipinski definition) is 3. The van der Waals surface area contributed by atoms with Gasteiger partial charge in [-0.25, -0.2) is 9.59 Å². The Morgan fingerprint density at radius 3 is 2.02 bits per heavy atom. The summed E-state index contributed by atoms with van der Waals surface area (Å²) in [6.45, 7) is 0.931. The molecule has 5 aromatic carbocycles. The van der Waals surface area contributed by atoms with Crippen LogP contribution in [-0.2, 0) is 22.4 Å². The number of nitrogens with one attached hydrogen (secondary N) is 2. The smallest absolute Gasteiger partial charge is 0.343 e. The molecule has 49 heavy (non-hydrogen) atoms. The van der Waals surface area contributed by atoms with Gasteiger partial charge in [-0.15, -0.1) is 0 Å². The molecule has 8 heteroatoms. The van der Waals surface area contributed by atoms with Crippen LogP contribution in [0.25, 0.3) is 0 Å². The molecule has 0 saturated carbocycles. The molecule has 0 bridgehead atoms. The first kappa shape index (κ1) is 34.4. The minimum atomic E-state index is -1.01. The first-order chi connectivity index (χ1) is 24.0. The third kappa shape index (κ3) is 10.6. The highest BCUT2D eigenvalue weighted by atomic mass is 16.5. The molecular weight excluding hydrogens is 616 g/mol. The number of carbonyl (C=O) groups is 3. The number of aliphatic carboxylic acids is 1. The summed E-state index contributed by atoms with van der Waals surface area (Å²) in [5.41, 5.74) is 3.88. The molecule has 3 N–H and O–H groups in total. The number of aryl methyl sites for hydroxylation is 1. The van der Waals surface area contributed by atoms with E-state index in [0.717, 1.165) is 16.7 Å². The zero-order chi connectivity index (χ0) is 34.3. The van der Waals surface area contributed by atoms with E-state index in [0.29, 0.717) is 55.8 Å². The monoisotopic (exact) mass is 656 g/mol. The summed E-state index contributed by atoms with van der Waals surface area (Å²) in [5.74, 6) is -0.865. The lowest BCUT2D eigenvalue weighted by molar-refractivity contribution is -0.138. The maximum Gasteiger partial charge on any atom is 0.343 e. The van der Waals surface area contributed by atoms with Crippen LogP contribution in [0.15, 0.2) is 140 Å². The number of carbonyl (C=O) groups excluding carboxylic acids is 2. The first-order valence-electron chi connectivity index (χ1n) is 16.4. The van der Waals surface area contributed by atoms with Crippen LogP contribution in [0.5, 0.6) is 11.5 Å². The number of benzene rings is 5. The van der Waals surface area contributed by atoms with Crippen molar-refractivity contribution in [3.8, 4) is 11.5 Å². The number of carboxylic acid groups (broad SMARTS) is 1. The van der Waals surface area contributed by atoms with Crippen molar-refractivity contribution in [1.82, 2.24) is 5.32 Å². The summed E-state index contributed by atoms with van der Waals surface area (Å²) in [6.07, 6.45) is 2.09. The Kier molecular flexibility index (Phi) is 12.6. The van der Waals surface area contributed by atoms with Crippen LogP contribution in [0.1, 0.15) is 45.8 Å². The number of carboxylic acids is 1. The molecule has 0 fully saturated rings. The maximum absolute atomic E-state index is 13.2. The van der Waals surface area contributed by atoms with Gasteiger partial charge < -0.3 is 25.2 Å². The Balaban J connectivity index is 1.07. The van der Waals surface area contributed by atoms with E-state index in [2.05, 4.69) is 10.6 Å². The van der Waals surface area contributed by atoms with Gasteiger partial charge in [0.1, 0.15) is 11.8 Å².